The molecule has 0 saturated heterocycles. The summed E-state index contributed by atoms with van der Waals surface area (Å²) in [6.45, 7) is 0.992. The minimum atomic E-state index is -1.57. The molecule has 0 spiro atoms. The number of carboxylic acid groups (broad SMARTS) is 2. The van der Waals surface area contributed by atoms with Crippen molar-refractivity contribution in [3.8, 4) is 0 Å². The molecule has 48 N–H and O–H groups in total. The van der Waals surface area contributed by atoms with Crippen LogP contribution in [0.3, 0.4) is 0 Å². The van der Waals surface area contributed by atoms with Crippen molar-refractivity contribution in [2.24, 2.45) is 154 Å². The van der Waals surface area contributed by atoms with Crippen molar-refractivity contribution >= 4 is 113 Å². The lowest BCUT2D eigenvalue weighted by Gasteiger charge is -2.28. The van der Waals surface area contributed by atoms with Crippen LogP contribution < -0.4 is 151 Å². The molecule has 0 saturated carbocycles. The SMILES string of the molecule is CC(=O)O.NC(N)=NCCC[C@H](NC(=O)[C@H](CCCN=C(N)N)NC(=O)[C@H](CCCN=C(N)N)NC(=O)[C@H](CCCN=C(N)N)NC(=O)[C@H](CCCN=C(N)N)NC(=O)[C@H](CCCN=C(N)N)NC(=O)[C@H](CCCN=C(N)N)NC(=O)[C@H](CCCN=C(N)N)NC(=O)[C@@H](N)CCCN=C(N)N)C(=O)O. The molecule has 590 valence electrons. The van der Waals surface area contributed by atoms with E-state index in [1.165, 1.54) is 0 Å². The Hall–Kier alpha value is -11.9. The van der Waals surface area contributed by atoms with Gasteiger partial charge >= 0.3 is 5.97 Å². The normalized spacial score (nSPS) is 13.0. The molecule has 0 bridgehead atoms. The Bertz CT molecular complexity index is 2960. The van der Waals surface area contributed by atoms with Crippen LogP contribution in [-0.4, -0.2) is 236 Å². The van der Waals surface area contributed by atoms with Gasteiger partial charge in [0.05, 0.1) is 6.04 Å². The number of aliphatic imine (C=N–C) groups is 9. The topological polar surface area (TPSA) is 913 Å². The third kappa shape index (κ3) is 50.4. The Balaban J connectivity index is 0. The number of carboxylic acids is 2. The van der Waals surface area contributed by atoms with E-state index in [1.54, 1.807) is 0 Å². The van der Waals surface area contributed by atoms with E-state index in [0.717, 1.165) is 6.92 Å². The van der Waals surface area contributed by atoms with Gasteiger partial charge in [0.15, 0.2) is 53.6 Å². The number of aliphatic carboxylic acids is 2. The first kappa shape index (κ1) is 94.1. The summed E-state index contributed by atoms with van der Waals surface area (Å²) >= 11 is 0. The summed E-state index contributed by atoms with van der Waals surface area (Å²) in [6, 6.07) is -13.1. The number of guanidine groups is 9. The van der Waals surface area contributed by atoms with Crippen LogP contribution in [-0.2, 0) is 47.9 Å². The molecule has 8 amide bonds. The van der Waals surface area contributed by atoms with Gasteiger partial charge in [0.2, 0.25) is 47.3 Å². The maximum absolute atomic E-state index is 14.8. The van der Waals surface area contributed by atoms with Crippen LogP contribution in [0.15, 0.2) is 44.9 Å². The smallest absolute Gasteiger partial charge is 0.326 e. The summed E-state index contributed by atoms with van der Waals surface area (Å²) < 4.78 is 0. The van der Waals surface area contributed by atoms with E-state index < -0.39 is 114 Å². The van der Waals surface area contributed by atoms with Gasteiger partial charge in [-0.1, -0.05) is 0 Å². The second-order valence-corrected chi connectivity index (χ2v) is 23.0. The van der Waals surface area contributed by atoms with E-state index in [9.17, 15) is 48.3 Å². The van der Waals surface area contributed by atoms with Gasteiger partial charge in [0.25, 0.3) is 5.97 Å². The second kappa shape index (κ2) is 54.9. The molecule has 0 radical (unpaired) electrons. The number of carbonyl (C=O) groups is 10. The van der Waals surface area contributed by atoms with Crippen LogP contribution in [0.2, 0.25) is 0 Å². The first-order valence-corrected chi connectivity index (χ1v) is 33.0. The molecular weight excluding hydrogens is 1370 g/mol. The maximum Gasteiger partial charge on any atom is 0.326 e. The predicted molar refractivity (Wildman–Crippen MR) is 394 cm³/mol. The van der Waals surface area contributed by atoms with Crippen molar-refractivity contribution in [2.45, 2.75) is 177 Å². The van der Waals surface area contributed by atoms with E-state index in [2.05, 4.69) is 87.5 Å². The molecule has 0 aliphatic rings. The highest BCUT2D eigenvalue weighted by molar-refractivity contribution is 5.98. The van der Waals surface area contributed by atoms with Gasteiger partial charge in [0.1, 0.15) is 48.3 Å². The maximum atomic E-state index is 14.8. The van der Waals surface area contributed by atoms with Crippen LogP contribution in [0.4, 0.5) is 0 Å². The van der Waals surface area contributed by atoms with Gasteiger partial charge in [-0.3, -0.25) is 88.1 Å². The van der Waals surface area contributed by atoms with Gasteiger partial charge < -0.3 is 162 Å². The van der Waals surface area contributed by atoms with E-state index >= 15 is 0 Å². The fraction of sp³-hybridized carbons (Fsp3) is 0.661. The Kier molecular flexibility index (Phi) is 49.7. The average Bonchev–Trinajstić information content (AvgIpc) is 0.867. The molecule has 9 atom stereocenters. The van der Waals surface area contributed by atoms with Gasteiger partial charge in [-0.15, -0.1) is 0 Å². The predicted octanol–water partition coefficient (Wildman–Crippen LogP) is -13.1. The molecular formula is C56H114N36O12. The highest BCUT2D eigenvalue weighted by atomic mass is 16.4. The largest absolute Gasteiger partial charge is 0.481 e. The number of rotatable bonds is 53. The third-order valence-corrected chi connectivity index (χ3v) is 13.9. The summed E-state index contributed by atoms with van der Waals surface area (Å²) in [4.78, 5) is 172. The van der Waals surface area contributed by atoms with Crippen molar-refractivity contribution in [1.29, 1.82) is 0 Å². The van der Waals surface area contributed by atoms with Gasteiger partial charge in [-0.2, -0.15) is 0 Å². The number of hydrogen-bond donors (Lipinski definition) is 29. The lowest BCUT2D eigenvalue weighted by molar-refractivity contribution is -0.142. The molecule has 48 nitrogen and oxygen atoms in total. The Morgan fingerprint density at radius 1 is 0.240 bits per heavy atom. The van der Waals surface area contributed by atoms with Crippen LogP contribution in [0.25, 0.3) is 0 Å². The van der Waals surface area contributed by atoms with Crippen LogP contribution >= 0.6 is 0 Å². The first-order valence-electron chi connectivity index (χ1n) is 33.0. The summed E-state index contributed by atoms with van der Waals surface area (Å²) in [5, 5.41) is 38.3. The van der Waals surface area contributed by atoms with Crippen molar-refractivity contribution in [3.05, 3.63) is 0 Å². The average molecular weight is 1480 g/mol. The number of nitrogens with one attached hydrogen (secondary N) is 8. The van der Waals surface area contributed by atoms with Crippen molar-refractivity contribution < 1.29 is 58.2 Å². The molecule has 0 heterocycles. The van der Waals surface area contributed by atoms with Crippen LogP contribution in [0.5, 0.6) is 0 Å². The molecule has 0 unspecified atom stereocenters. The zero-order valence-electron chi connectivity index (χ0n) is 58.8. The first-order chi connectivity index (χ1) is 48.9. The van der Waals surface area contributed by atoms with Gasteiger partial charge in [-0.05, 0) is 116 Å². The highest BCUT2D eigenvalue weighted by Gasteiger charge is 2.35. The number of amides is 8. The Labute approximate surface area is 601 Å². The van der Waals surface area contributed by atoms with Gasteiger partial charge in [-0.25, -0.2) is 4.79 Å². The molecule has 0 aliphatic heterocycles. The number of nitrogens with two attached hydrogens (primary N) is 19. The Morgan fingerprint density at radius 3 is 0.510 bits per heavy atom. The lowest BCUT2D eigenvalue weighted by atomic mass is 10.0. The fourth-order valence-electron chi connectivity index (χ4n) is 9.00. The quantitative estimate of drug-likeness (QED) is 0.0153. The summed E-state index contributed by atoms with van der Waals surface area (Å²) in [5.74, 6) is -12.0. The van der Waals surface area contributed by atoms with Crippen LogP contribution in [0, 0.1) is 0 Å². The zero-order valence-corrected chi connectivity index (χ0v) is 58.8. The minimum absolute atomic E-state index is 0.0134. The van der Waals surface area contributed by atoms with Gasteiger partial charge in [0, 0.05) is 65.8 Å². The molecule has 0 rings (SSSR count). The second-order valence-electron chi connectivity index (χ2n) is 23.0. The van der Waals surface area contributed by atoms with Crippen molar-refractivity contribution in [1.82, 2.24) is 42.5 Å². The molecule has 104 heavy (non-hydrogen) atoms. The molecule has 0 aromatic rings. The standard InChI is InChI=1S/C54H110N36O10.C2H4O2/c55-28(10-1-19-74-46(56)57)37(91)83-29(11-2-20-75-47(58)59)38(92)84-30(12-3-21-76-48(60)61)39(93)85-31(13-4-22-77-49(62)63)40(94)86-32(14-5-23-78-50(64)65)41(95)87-33(15-6-24-79-51(66)67)42(96)88-34(16-7-25-80-52(68)69)43(97)89-35(17-8-26-81-53(70)71)44(98)90-36(45(99)100)18-9-27-82-54(72)73;1-2(3)4/h28-36H,1-27,55H2,(H,83,91)(H,84,92)(H,85,93)(H,86,94)(H,87,95)(H,88,96)(H,89,97)(H,90,98)(H,99,100)(H4,56,57,74)(H4,58,59,75)(H4,60,61,76)(H4,62,63,77)(H4,64,65,78)(H4,66,67,79)(H4,68,69,80)(H4,70,71,81)(H4,72,73,82);1H3,(H,3,4)/t28-,29-,30-,31-,32-,33-,34-,35-,36-;/m0./s1. The number of hydrogen-bond acceptors (Lipinski definition) is 20. The summed E-state index contributed by atoms with van der Waals surface area (Å²) in [7, 11) is 0. The Morgan fingerprint density at radius 2 is 0.365 bits per heavy atom. The number of nitrogens with zero attached hydrogens (tertiary/aromatic N) is 9. The highest BCUT2D eigenvalue weighted by Crippen LogP contribution is 2.12. The zero-order chi connectivity index (χ0) is 79.3. The molecule has 0 aromatic carbocycles. The fourth-order valence-corrected chi connectivity index (χ4v) is 9.00. The minimum Gasteiger partial charge on any atom is -0.481 e. The monoisotopic (exact) mass is 1480 g/mol. The number of carbonyl (C=O) groups excluding carboxylic acids is 8. The van der Waals surface area contributed by atoms with E-state index in [1.807, 2.05) is 0 Å². The molecule has 0 aromatic heterocycles. The van der Waals surface area contributed by atoms with Crippen molar-refractivity contribution in [2.75, 3.05) is 58.9 Å². The van der Waals surface area contributed by atoms with Crippen molar-refractivity contribution in [3.63, 3.8) is 0 Å². The van der Waals surface area contributed by atoms with E-state index in [-0.39, 0.29) is 222 Å². The molecule has 0 aliphatic carbocycles. The lowest BCUT2D eigenvalue weighted by Crippen LogP contribution is -2.60. The van der Waals surface area contributed by atoms with E-state index in [0.29, 0.717) is 6.42 Å². The third-order valence-electron chi connectivity index (χ3n) is 13.9. The van der Waals surface area contributed by atoms with E-state index in [4.69, 9.17) is 119 Å². The summed E-state index contributed by atoms with van der Waals surface area (Å²) in [5.41, 5.74) is 106. The summed E-state index contributed by atoms with van der Waals surface area (Å²) in [6.07, 6.45) is -0.458. The molecule has 48 heteroatoms. The van der Waals surface area contributed by atoms with Crippen LogP contribution in [0.1, 0.15) is 122 Å². The molecule has 0 fully saturated rings.